The van der Waals surface area contributed by atoms with E-state index in [1.165, 1.54) is 0 Å². The van der Waals surface area contributed by atoms with E-state index >= 15 is 0 Å². The van der Waals surface area contributed by atoms with Gasteiger partial charge in [-0.1, -0.05) is 23.0 Å². The fourth-order valence-corrected chi connectivity index (χ4v) is 2.67. The maximum atomic E-state index is 12.2. The highest BCUT2D eigenvalue weighted by atomic mass is 35.5. The molecule has 2 heterocycles. The molecule has 0 atom stereocenters. The molecule has 0 aliphatic heterocycles. The van der Waals surface area contributed by atoms with Crippen molar-refractivity contribution in [3.05, 3.63) is 27.0 Å². The Bertz CT molecular complexity index is 590. The number of aromatic nitrogens is 4. The van der Waals surface area contributed by atoms with E-state index in [-0.39, 0.29) is 12.2 Å². The molecule has 0 radical (unpaired) electrons. The second-order valence-corrected chi connectivity index (χ2v) is 5.10. The van der Waals surface area contributed by atoms with Crippen LogP contribution in [0.2, 0.25) is 5.02 Å². The molecule has 0 unspecified atom stereocenters. The van der Waals surface area contributed by atoms with Crippen LogP contribution in [0.25, 0.3) is 0 Å². The van der Waals surface area contributed by atoms with E-state index in [0.717, 1.165) is 28.6 Å². The number of hydrogen-bond acceptors (Lipinski definition) is 5. The van der Waals surface area contributed by atoms with Crippen molar-refractivity contribution in [2.75, 3.05) is 0 Å². The number of rotatable bonds is 4. The molecule has 2 aromatic rings. The van der Waals surface area contributed by atoms with Crippen LogP contribution in [0.3, 0.4) is 0 Å². The topological polar surface area (TPSA) is 60.7 Å². The van der Waals surface area contributed by atoms with Crippen LogP contribution in [0.5, 0.6) is 0 Å². The molecule has 2 aromatic heterocycles. The Morgan fingerprint density at radius 2 is 2.22 bits per heavy atom. The first-order valence-electron chi connectivity index (χ1n) is 5.57. The van der Waals surface area contributed by atoms with E-state index in [2.05, 4.69) is 14.7 Å². The van der Waals surface area contributed by atoms with Gasteiger partial charge >= 0.3 is 0 Å². The lowest BCUT2D eigenvalue weighted by atomic mass is 10.1. The van der Waals surface area contributed by atoms with Crippen molar-refractivity contribution in [1.82, 2.24) is 19.4 Å². The van der Waals surface area contributed by atoms with Crippen LogP contribution in [-0.2, 0) is 19.9 Å². The standard InChI is InChI=1S/C11H13ClN4OS/c1-4-7-11(18-15-13-7)9(17)5-8-10(12)6(2)14-16(8)3/h4-5H2,1-3H3. The molecule has 0 saturated carbocycles. The van der Waals surface area contributed by atoms with E-state index in [1.807, 2.05) is 13.8 Å². The number of carbonyl (C=O) groups excluding carboxylic acids is 1. The van der Waals surface area contributed by atoms with Crippen LogP contribution in [0.15, 0.2) is 0 Å². The quantitative estimate of drug-likeness (QED) is 0.808. The van der Waals surface area contributed by atoms with Gasteiger partial charge in [-0.2, -0.15) is 5.10 Å². The third-order valence-electron chi connectivity index (χ3n) is 2.73. The third kappa shape index (κ3) is 2.30. The highest BCUT2D eigenvalue weighted by molar-refractivity contribution is 7.08. The smallest absolute Gasteiger partial charge is 0.182 e. The van der Waals surface area contributed by atoms with Crippen molar-refractivity contribution in [3.63, 3.8) is 0 Å². The van der Waals surface area contributed by atoms with E-state index in [0.29, 0.717) is 16.3 Å². The number of halogens is 1. The summed E-state index contributed by atoms with van der Waals surface area (Å²) in [5.41, 5.74) is 2.22. The van der Waals surface area contributed by atoms with Crippen LogP contribution >= 0.6 is 23.1 Å². The van der Waals surface area contributed by atoms with Crippen molar-refractivity contribution >= 4 is 28.9 Å². The molecule has 5 nitrogen and oxygen atoms in total. The zero-order chi connectivity index (χ0) is 13.3. The van der Waals surface area contributed by atoms with Crippen LogP contribution in [0, 0.1) is 6.92 Å². The Morgan fingerprint density at radius 3 is 2.78 bits per heavy atom. The van der Waals surface area contributed by atoms with Gasteiger partial charge in [-0.15, -0.1) is 5.10 Å². The molecule has 0 N–H and O–H groups in total. The summed E-state index contributed by atoms with van der Waals surface area (Å²) in [6.07, 6.45) is 0.933. The zero-order valence-electron chi connectivity index (χ0n) is 10.4. The lowest BCUT2D eigenvalue weighted by Gasteiger charge is -2.01. The summed E-state index contributed by atoms with van der Waals surface area (Å²) in [5.74, 6) is -0.00764. The average molecular weight is 285 g/mol. The van der Waals surface area contributed by atoms with E-state index in [1.54, 1.807) is 11.7 Å². The van der Waals surface area contributed by atoms with Gasteiger partial charge in [0, 0.05) is 7.05 Å². The molecule has 0 aromatic carbocycles. The fraction of sp³-hybridized carbons (Fsp3) is 0.455. The first-order valence-corrected chi connectivity index (χ1v) is 6.72. The van der Waals surface area contributed by atoms with Crippen LogP contribution < -0.4 is 0 Å². The molecule has 0 bridgehead atoms. The summed E-state index contributed by atoms with van der Waals surface area (Å²) in [7, 11) is 1.78. The molecule has 7 heteroatoms. The van der Waals surface area contributed by atoms with E-state index in [4.69, 9.17) is 11.6 Å². The molecule has 0 aliphatic carbocycles. The lowest BCUT2D eigenvalue weighted by Crippen LogP contribution is -2.08. The summed E-state index contributed by atoms with van der Waals surface area (Å²) in [4.78, 5) is 12.8. The minimum Gasteiger partial charge on any atom is -0.293 e. The molecule has 96 valence electrons. The maximum absolute atomic E-state index is 12.2. The largest absolute Gasteiger partial charge is 0.293 e. The highest BCUT2D eigenvalue weighted by Gasteiger charge is 2.20. The molecule has 2 rings (SSSR count). The van der Waals surface area contributed by atoms with Gasteiger partial charge in [0.05, 0.1) is 28.5 Å². The molecule has 0 aliphatic rings. The van der Waals surface area contributed by atoms with Gasteiger partial charge in [0.1, 0.15) is 4.88 Å². The first kappa shape index (κ1) is 13.2. The van der Waals surface area contributed by atoms with Gasteiger partial charge in [0.2, 0.25) is 0 Å². The SMILES string of the molecule is CCc1nnsc1C(=O)Cc1c(Cl)c(C)nn1C. The number of ketones is 1. The maximum Gasteiger partial charge on any atom is 0.182 e. The molecule has 0 saturated heterocycles. The van der Waals surface area contributed by atoms with Gasteiger partial charge in [-0.25, -0.2) is 0 Å². The zero-order valence-corrected chi connectivity index (χ0v) is 12.0. The Kier molecular flexibility index (Phi) is 3.77. The fourth-order valence-electron chi connectivity index (χ4n) is 1.76. The van der Waals surface area contributed by atoms with Crippen molar-refractivity contribution in [1.29, 1.82) is 0 Å². The van der Waals surface area contributed by atoms with Crippen molar-refractivity contribution < 1.29 is 4.79 Å². The normalized spacial score (nSPS) is 10.9. The van der Waals surface area contributed by atoms with Gasteiger partial charge in [0.25, 0.3) is 0 Å². The average Bonchev–Trinajstić information content (AvgIpc) is 2.90. The van der Waals surface area contributed by atoms with Crippen molar-refractivity contribution in [2.24, 2.45) is 7.05 Å². The third-order valence-corrected chi connectivity index (χ3v) is 4.03. The van der Waals surface area contributed by atoms with Crippen molar-refractivity contribution in [2.45, 2.75) is 26.7 Å². The number of nitrogens with zero attached hydrogens (tertiary/aromatic N) is 4. The molecule has 0 fully saturated rings. The Balaban J connectivity index is 2.27. The lowest BCUT2D eigenvalue weighted by molar-refractivity contribution is 0.0993. The summed E-state index contributed by atoms with van der Waals surface area (Å²) < 4.78 is 5.47. The number of carbonyl (C=O) groups is 1. The molecule has 18 heavy (non-hydrogen) atoms. The summed E-state index contributed by atoms with van der Waals surface area (Å²) >= 11 is 7.27. The van der Waals surface area contributed by atoms with Crippen LogP contribution in [0.4, 0.5) is 0 Å². The Hall–Kier alpha value is -1.27. The van der Waals surface area contributed by atoms with Gasteiger partial charge in [0.15, 0.2) is 5.78 Å². The number of hydrogen-bond donors (Lipinski definition) is 0. The second kappa shape index (κ2) is 5.16. The summed E-state index contributed by atoms with van der Waals surface area (Å²) in [5, 5.41) is 8.69. The van der Waals surface area contributed by atoms with Gasteiger partial charge in [-0.05, 0) is 24.9 Å². The molecule has 0 spiro atoms. The molecule has 0 amide bonds. The monoisotopic (exact) mass is 284 g/mol. The predicted octanol–water partition coefficient (Wildman–Crippen LogP) is 2.22. The summed E-state index contributed by atoms with van der Waals surface area (Å²) in [6.45, 7) is 3.77. The first-order chi connectivity index (χ1) is 8.54. The predicted molar refractivity (Wildman–Crippen MR) is 70.3 cm³/mol. The van der Waals surface area contributed by atoms with Gasteiger partial charge in [-0.3, -0.25) is 9.48 Å². The Morgan fingerprint density at radius 1 is 1.50 bits per heavy atom. The number of aryl methyl sites for hydroxylation is 3. The molecular formula is C11H13ClN4OS. The van der Waals surface area contributed by atoms with Crippen LogP contribution in [0.1, 0.15) is 33.7 Å². The van der Waals surface area contributed by atoms with Crippen molar-refractivity contribution in [3.8, 4) is 0 Å². The molecular weight excluding hydrogens is 272 g/mol. The second-order valence-electron chi connectivity index (χ2n) is 3.97. The Labute approximate surface area is 114 Å². The summed E-state index contributed by atoms with van der Waals surface area (Å²) in [6, 6.07) is 0. The van der Waals surface area contributed by atoms with Crippen LogP contribution in [-0.4, -0.2) is 25.2 Å². The minimum atomic E-state index is -0.00764. The van der Waals surface area contributed by atoms with E-state index < -0.39 is 0 Å². The minimum absolute atomic E-state index is 0.00764. The van der Waals surface area contributed by atoms with Gasteiger partial charge < -0.3 is 0 Å². The highest BCUT2D eigenvalue weighted by Crippen LogP contribution is 2.22. The van der Waals surface area contributed by atoms with E-state index in [9.17, 15) is 4.79 Å². The number of Topliss-reactive ketones (excluding diaryl/α,β-unsaturated/α-hetero) is 1.